The highest BCUT2D eigenvalue weighted by Gasteiger charge is 2.14. The SMILES string of the molecule is CC(C)C(=O)Nc1ncc(-c2ccncc2-c2ccccc2Cl)s1. The Balaban J connectivity index is 1.98. The Labute approximate surface area is 149 Å². The monoisotopic (exact) mass is 357 g/mol. The van der Waals surface area contributed by atoms with Crippen LogP contribution in [0.15, 0.2) is 48.9 Å². The highest BCUT2D eigenvalue weighted by Crippen LogP contribution is 2.38. The van der Waals surface area contributed by atoms with Gasteiger partial charge in [0.05, 0.1) is 4.88 Å². The van der Waals surface area contributed by atoms with Gasteiger partial charge in [-0.05, 0) is 12.1 Å². The van der Waals surface area contributed by atoms with Gasteiger partial charge >= 0.3 is 0 Å². The number of rotatable bonds is 4. The summed E-state index contributed by atoms with van der Waals surface area (Å²) in [4.78, 5) is 21.3. The van der Waals surface area contributed by atoms with Crippen molar-refractivity contribution in [3.05, 3.63) is 53.9 Å². The van der Waals surface area contributed by atoms with Gasteiger partial charge < -0.3 is 5.32 Å². The minimum absolute atomic E-state index is 0.0445. The fraction of sp³-hybridized carbons (Fsp3) is 0.167. The van der Waals surface area contributed by atoms with Gasteiger partial charge in [0.25, 0.3) is 0 Å². The van der Waals surface area contributed by atoms with E-state index in [4.69, 9.17) is 11.6 Å². The molecule has 0 fully saturated rings. The normalized spacial score (nSPS) is 10.8. The van der Waals surface area contributed by atoms with Crippen LogP contribution in [-0.4, -0.2) is 15.9 Å². The molecular formula is C18H16ClN3OS. The third-order valence-electron chi connectivity index (χ3n) is 3.51. The van der Waals surface area contributed by atoms with Crippen LogP contribution in [0.3, 0.4) is 0 Å². The Kier molecular flexibility index (Phi) is 4.92. The molecule has 0 saturated heterocycles. The van der Waals surface area contributed by atoms with Crippen LogP contribution in [0.4, 0.5) is 5.13 Å². The second-order valence-electron chi connectivity index (χ2n) is 5.57. The lowest BCUT2D eigenvalue weighted by Crippen LogP contribution is -2.17. The third-order valence-corrected chi connectivity index (χ3v) is 4.79. The minimum Gasteiger partial charge on any atom is -0.302 e. The van der Waals surface area contributed by atoms with Crippen LogP contribution in [0.1, 0.15) is 13.8 Å². The molecule has 0 saturated carbocycles. The summed E-state index contributed by atoms with van der Waals surface area (Å²) in [5.74, 6) is -0.131. The number of nitrogens with one attached hydrogen (secondary N) is 1. The summed E-state index contributed by atoms with van der Waals surface area (Å²) in [6, 6.07) is 9.59. The third kappa shape index (κ3) is 3.47. The zero-order valence-corrected chi connectivity index (χ0v) is 14.9. The summed E-state index contributed by atoms with van der Waals surface area (Å²) in [5.41, 5.74) is 2.84. The van der Waals surface area contributed by atoms with Crippen LogP contribution in [0, 0.1) is 5.92 Å². The summed E-state index contributed by atoms with van der Waals surface area (Å²) < 4.78 is 0. The fourth-order valence-electron chi connectivity index (χ4n) is 2.21. The molecule has 1 aromatic carbocycles. The van der Waals surface area contributed by atoms with Crippen molar-refractivity contribution in [2.75, 3.05) is 5.32 Å². The summed E-state index contributed by atoms with van der Waals surface area (Å²) >= 11 is 7.76. The average Bonchev–Trinajstić information content (AvgIpc) is 3.03. The van der Waals surface area contributed by atoms with Gasteiger partial charge in [-0.1, -0.05) is 55.0 Å². The zero-order chi connectivity index (χ0) is 17.1. The number of thiazole rings is 1. The molecule has 2 heterocycles. The molecule has 4 nitrogen and oxygen atoms in total. The van der Waals surface area contributed by atoms with E-state index in [2.05, 4.69) is 15.3 Å². The van der Waals surface area contributed by atoms with Crippen molar-refractivity contribution in [1.29, 1.82) is 0 Å². The molecule has 3 rings (SSSR count). The lowest BCUT2D eigenvalue weighted by molar-refractivity contribution is -0.118. The number of carbonyl (C=O) groups is 1. The Morgan fingerprint density at radius 1 is 1.12 bits per heavy atom. The van der Waals surface area contributed by atoms with Gasteiger partial charge in [-0.2, -0.15) is 0 Å². The first-order valence-corrected chi connectivity index (χ1v) is 8.71. The van der Waals surface area contributed by atoms with E-state index in [1.807, 2.05) is 44.2 Å². The molecule has 1 amide bonds. The van der Waals surface area contributed by atoms with E-state index < -0.39 is 0 Å². The van der Waals surface area contributed by atoms with Crippen LogP contribution >= 0.6 is 22.9 Å². The quantitative estimate of drug-likeness (QED) is 0.705. The molecule has 3 aromatic rings. The maximum Gasteiger partial charge on any atom is 0.228 e. The lowest BCUT2D eigenvalue weighted by Gasteiger charge is -2.08. The molecule has 0 bridgehead atoms. The fourth-order valence-corrected chi connectivity index (χ4v) is 3.31. The first-order chi connectivity index (χ1) is 11.6. The predicted octanol–water partition coefficient (Wildman–Crippen LogP) is 5.12. The van der Waals surface area contributed by atoms with E-state index in [1.54, 1.807) is 18.6 Å². The largest absolute Gasteiger partial charge is 0.302 e. The standard InChI is InChI=1S/C18H16ClN3OS/c1-11(2)17(23)22-18-21-10-16(24-18)13-7-8-20-9-14(13)12-5-3-4-6-15(12)19/h3-11H,1-2H3,(H,21,22,23). The molecule has 1 N–H and O–H groups in total. The van der Waals surface area contributed by atoms with Gasteiger partial charge in [0.1, 0.15) is 0 Å². The number of halogens is 1. The Morgan fingerprint density at radius 3 is 2.67 bits per heavy atom. The van der Waals surface area contributed by atoms with Crippen molar-refractivity contribution in [2.45, 2.75) is 13.8 Å². The van der Waals surface area contributed by atoms with Gasteiger partial charge in [-0.3, -0.25) is 9.78 Å². The number of hydrogen-bond acceptors (Lipinski definition) is 4. The molecule has 2 aromatic heterocycles. The van der Waals surface area contributed by atoms with Crippen molar-refractivity contribution < 1.29 is 4.79 Å². The van der Waals surface area contributed by atoms with Gasteiger partial charge in [-0.25, -0.2) is 4.98 Å². The first kappa shape index (κ1) is 16.6. The highest BCUT2D eigenvalue weighted by molar-refractivity contribution is 7.19. The van der Waals surface area contributed by atoms with Crippen LogP contribution < -0.4 is 5.32 Å². The van der Waals surface area contributed by atoms with Gasteiger partial charge in [0, 0.05) is 46.2 Å². The number of benzene rings is 1. The van der Waals surface area contributed by atoms with E-state index in [-0.39, 0.29) is 11.8 Å². The Bertz CT molecular complexity index is 876. The average molecular weight is 358 g/mol. The minimum atomic E-state index is -0.0861. The van der Waals surface area contributed by atoms with E-state index in [9.17, 15) is 4.79 Å². The number of anilines is 1. The van der Waals surface area contributed by atoms with E-state index in [0.29, 0.717) is 10.2 Å². The second-order valence-corrected chi connectivity index (χ2v) is 7.01. The first-order valence-electron chi connectivity index (χ1n) is 7.52. The Hall–Kier alpha value is -2.24. The van der Waals surface area contributed by atoms with Crippen LogP contribution in [-0.2, 0) is 4.79 Å². The summed E-state index contributed by atoms with van der Waals surface area (Å²) in [6.07, 6.45) is 5.29. The van der Waals surface area contributed by atoms with Crippen LogP contribution in [0.25, 0.3) is 21.6 Å². The molecule has 24 heavy (non-hydrogen) atoms. The van der Waals surface area contributed by atoms with Gasteiger partial charge in [0.15, 0.2) is 5.13 Å². The van der Waals surface area contributed by atoms with E-state index in [0.717, 1.165) is 21.6 Å². The van der Waals surface area contributed by atoms with Gasteiger partial charge in [-0.15, -0.1) is 0 Å². The molecule has 0 aliphatic carbocycles. The molecule has 122 valence electrons. The van der Waals surface area contributed by atoms with Gasteiger partial charge in [0.2, 0.25) is 5.91 Å². The van der Waals surface area contributed by atoms with Crippen molar-refractivity contribution in [3.8, 4) is 21.6 Å². The highest BCUT2D eigenvalue weighted by atomic mass is 35.5. The Morgan fingerprint density at radius 2 is 1.92 bits per heavy atom. The number of pyridine rings is 1. The van der Waals surface area contributed by atoms with Crippen molar-refractivity contribution in [1.82, 2.24) is 9.97 Å². The molecule has 0 unspecified atom stereocenters. The number of aromatic nitrogens is 2. The van der Waals surface area contributed by atoms with Crippen LogP contribution in [0.5, 0.6) is 0 Å². The zero-order valence-electron chi connectivity index (χ0n) is 13.3. The summed E-state index contributed by atoms with van der Waals surface area (Å²) in [7, 11) is 0. The summed E-state index contributed by atoms with van der Waals surface area (Å²) in [6.45, 7) is 3.70. The molecular weight excluding hydrogens is 342 g/mol. The molecule has 0 aliphatic heterocycles. The number of amides is 1. The van der Waals surface area contributed by atoms with Crippen molar-refractivity contribution in [2.24, 2.45) is 5.92 Å². The van der Waals surface area contributed by atoms with E-state index in [1.165, 1.54) is 11.3 Å². The molecule has 6 heteroatoms. The van der Waals surface area contributed by atoms with Crippen LogP contribution in [0.2, 0.25) is 5.02 Å². The number of nitrogens with zero attached hydrogens (tertiary/aromatic N) is 2. The topological polar surface area (TPSA) is 54.9 Å². The number of carbonyl (C=O) groups excluding carboxylic acids is 1. The van der Waals surface area contributed by atoms with E-state index >= 15 is 0 Å². The summed E-state index contributed by atoms with van der Waals surface area (Å²) in [5, 5.41) is 4.09. The maximum atomic E-state index is 11.8. The molecule has 0 atom stereocenters. The number of hydrogen-bond donors (Lipinski definition) is 1. The predicted molar refractivity (Wildman–Crippen MR) is 99.3 cm³/mol. The smallest absolute Gasteiger partial charge is 0.228 e. The maximum absolute atomic E-state index is 11.8. The van der Waals surface area contributed by atoms with Crippen molar-refractivity contribution in [3.63, 3.8) is 0 Å². The van der Waals surface area contributed by atoms with Crippen molar-refractivity contribution >= 4 is 34.0 Å². The molecule has 0 radical (unpaired) electrons. The molecule has 0 aliphatic rings. The second kappa shape index (κ2) is 7.11. The lowest BCUT2D eigenvalue weighted by atomic mass is 10.0. The molecule has 0 spiro atoms.